The Kier molecular flexibility index (Phi) is 9.11. The normalized spacial score (nSPS) is 18.0. The van der Waals surface area contributed by atoms with Gasteiger partial charge in [0, 0.05) is 49.5 Å². The van der Waals surface area contributed by atoms with Gasteiger partial charge in [-0.2, -0.15) is 9.78 Å². The van der Waals surface area contributed by atoms with Gasteiger partial charge in [-0.15, -0.1) is 0 Å². The predicted molar refractivity (Wildman–Crippen MR) is 139 cm³/mol. The Morgan fingerprint density at radius 1 is 1.34 bits per heavy atom. The lowest BCUT2D eigenvalue weighted by Gasteiger charge is -2.33. The number of nitrogens with one attached hydrogen (secondary N) is 2. The van der Waals surface area contributed by atoms with Crippen molar-refractivity contribution >= 4 is 29.0 Å². The Morgan fingerprint density at radius 2 is 2.13 bits per heavy atom. The minimum Gasteiger partial charge on any atom is -0.461 e. The van der Waals surface area contributed by atoms with Crippen molar-refractivity contribution in [3.8, 4) is 0 Å². The number of hydrogen-bond acceptors (Lipinski definition) is 8. The summed E-state index contributed by atoms with van der Waals surface area (Å²) in [5, 5.41) is 15.9. The first-order valence-electron chi connectivity index (χ1n) is 12.5. The fraction of sp³-hybridized carbons (Fsp3) is 0.462. The van der Waals surface area contributed by atoms with Crippen molar-refractivity contribution in [3.05, 3.63) is 68.2 Å². The maximum absolute atomic E-state index is 13.4. The molecule has 1 aromatic carbocycles. The van der Waals surface area contributed by atoms with E-state index in [1.807, 2.05) is 0 Å². The summed E-state index contributed by atoms with van der Waals surface area (Å²) < 4.78 is 38.9. The molecule has 0 spiro atoms. The number of alkyl halides is 2. The summed E-state index contributed by atoms with van der Waals surface area (Å²) in [6, 6.07) is 6.21. The largest absolute Gasteiger partial charge is 0.461 e. The van der Waals surface area contributed by atoms with Crippen LogP contribution in [0.5, 0.6) is 0 Å². The zero-order valence-electron chi connectivity index (χ0n) is 21.0. The number of carbonyl (C=O) groups excluding carboxylic acids is 1. The van der Waals surface area contributed by atoms with E-state index in [0.717, 1.165) is 12.8 Å². The lowest BCUT2D eigenvalue weighted by Crippen LogP contribution is -2.40. The summed E-state index contributed by atoms with van der Waals surface area (Å²) >= 11 is 6.50. The maximum atomic E-state index is 13.4. The number of hydrogen-bond donors (Lipinski definition) is 2. The highest BCUT2D eigenvalue weighted by Gasteiger charge is 2.29. The van der Waals surface area contributed by atoms with Crippen LogP contribution in [0.1, 0.15) is 56.4 Å². The molecular formula is C26H30ClF2N5O4. The van der Waals surface area contributed by atoms with E-state index in [4.69, 9.17) is 26.5 Å². The van der Waals surface area contributed by atoms with Crippen LogP contribution >= 0.6 is 11.6 Å². The third-order valence-electron chi connectivity index (χ3n) is 6.60. The molecule has 3 heterocycles. The molecule has 2 aliphatic heterocycles. The Bertz CT molecular complexity index is 1280. The molecule has 9 nitrogen and oxygen atoms in total. The average molecular weight is 550 g/mol. The molecule has 12 heteroatoms. The molecule has 4 rings (SSSR count). The van der Waals surface area contributed by atoms with E-state index in [1.165, 1.54) is 16.9 Å². The first-order valence-corrected chi connectivity index (χ1v) is 12.9. The predicted octanol–water partition coefficient (Wildman–Crippen LogP) is 4.37. The number of benzene rings is 1. The highest BCUT2D eigenvalue weighted by atomic mass is 35.5. The van der Waals surface area contributed by atoms with E-state index in [0.29, 0.717) is 48.5 Å². The minimum atomic E-state index is -2.63. The number of ether oxygens (including phenoxy) is 2. The van der Waals surface area contributed by atoms with Gasteiger partial charge in [0.2, 0.25) is 0 Å². The Morgan fingerprint density at radius 3 is 2.84 bits per heavy atom. The standard InChI is InChI=1S/C26H30ClF2N5O4/c1-2-37-26(36)23(30)18-15-33(11-10-19(18)31-13-16-7-3-4-8-17(16)24(28)29)20-14-32-34(25(35)22(20)27)21-9-5-6-12-38-21/h3-4,7-8,14,21,24,30-31H,2,5-6,9-13,15H2,1H3. The number of rotatable bonds is 9. The molecule has 2 aliphatic rings. The molecule has 0 radical (unpaired) electrons. The molecule has 0 amide bonds. The molecule has 1 fully saturated rings. The summed E-state index contributed by atoms with van der Waals surface area (Å²) in [6.07, 6.45) is 1.26. The summed E-state index contributed by atoms with van der Waals surface area (Å²) in [7, 11) is 0. The average Bonchev–Trinajstić information content (AvgIpc) is 2.93. The third kappa shape index (κ3) is 6.05. The zero-order chi connectivity index (χ0) is 27.2. The molecule has 0 aliphatic carbocycles. The van der Waals surface area contributed by atoms with Crippen LogP contribution in [0.4, 0.5) is 14.5 Å². The highest BCUT2D eigenvalue weighted by molar-refractivity contribution is 6.42. The van der Waals surface area contributed by atoms with Gasteiger partial charge in [-0.25, -0.2) is 13.6 Å². The topological polar surface area (TPSA) is 110 Å². The van der Waals surface area contributed by atoms with Crippen molar-refractivity contribution in [3.63, 3.8) is 0 Å². The van der Waals surface area contributed by atoms with Gasteiger partial charge in [0.1, 0.15) is 10.7 Å². The Hall–Kier alpha value is -3.31. The van der Waals surface area contributed by atoms with E-state index in [1.54, 1.807) is 30.0 Å². The van der Waals surface area contributed by atoms with Crippen molar-refractivity contribution in [2.75, 3.05) is 31.2 Å². The molecule has 1 atom stereocenters. The molecule has 1 saturated heterocycles. The van der Waals surface area contributed by atoms with E-state index < -0.39 is 24.2 Å². The van der Waals surface area contributed by atoms with Gasteiger partial charge in [0.15, 0.2) is 6.23 Å². The Labute approximate surface area is 223 Å². The van der Waals surface area contributed by atoms with Gasteiger partial charge in [0.05, 0.1) is 18.5 Å². The molecule has 2 N–H and O–H groups in total. The molecule has 38 heavy (non-hydrogen) atoms. The van der Waals surface area contributed by atoms with Crippen LogP contribution < -0.4 is 15.8 Å². The monoisotopic (exact) mass is 549 g/mol. The number of anilines is 1. The molecule has 1 aromatic heterocycles. The smallest absolute Gasteiger partial charge is 0.356 e. The third-order valence-corrected chi connectivity index (χ3v) is 6.96. The van der Waals surface area contributed by atoms with Crippen molar-refractivity contribution in [2.45, 2.75) is 51.8 Å². The van der Waals surface area contributed by atoms with Crippen LogP contribution in [0, 0.1) is 5.41 Å². The second kappa shape index (κ2) is 12.5. The molecule has 0 bridgehead atoms. The van der Waals surface area contributed by atoms with Gasteiger partial charge < -0.3 is 19.7 Å². The lowest BCUT2D eigenvalue weighted by atomic mass is 10.00. The van der Waals surface area contributed by atoms with E-state index >= 15 is 0 Å². The quantitative estimate of drug-likeness (QED) is 0.353. The highest BCUT2D eigenvalue weighted by Crippen LogP contribution is 2.29. The number of halogens is 3. The van der Waals surface area contributed by atoms with Crippen LogP contribution in [-0.4, -0.2) is 47.8 Å². The molecule has 204 valence electrons. The second-order valence-electron chi connectivity index (χ2n) is 8.99. The maximum Gasteiger partial charge on any atom is 0.356 e. The van der Waals surface area contributed by atoms with Crippen molar-refractivity contribution in [2.24, 2.45) is 0 Å². The van der Waals surface area contributed by atoms with Crippen LogP contribution in [0.2, 0.25) is 5.02 Å². The lowest BCUT2D eigenvalue weighted by molar-refractivity contribution is -0.135. The number of esters is 1. The first kappa shape index (κ1) is 27.7. The molecular weight excluding hydrogens is 520 g/mol. The van der Waals surface area contributed by atoms with Gasteiger partial charge >= 0.3 is 5.97 Å². The van der Waals surface area contributed by atoms with Crippen LogP contribution in [-0.2, 0) is 20.8 Å². The van der Waals surface area contributed by atoms with Gasteiger partial charge in [-0.1, -0.05) is 35.9 Å². The number of carbonyl (C=O) groups is 1. The van der Waals surface area contributed by atoms with E-state index in [-0.39, 0.29) is 36.0 Å². The first-order chi connectivity index (χ1) is 18.3. The molecule has 2 aromatic rings. The van der Waals surface area contributed by atoms with Crippen LogP contribution in [0.15, 0.2) is 46.5 Å². The summed E-state index contributed by atoms with van der Waals surface area (Å²) in [5.41, 5.74) is 0.779. The number of aromatic nitrogens is 2. The second-order valence-corrected chi connectivity index (χ2v) is 9.37. The van der Waals surface area contributed by atoms with Gasteiger partial charge in [0.25, 0.3) is 12.0 Å². The van der Waals surface area contributed by atoms with Crippen LogP contribution in [0.3, 0.4) is 0 Å². The minimum absolute atomic E-state index is 0.0292. The van der Waals surface area contributed by atoms with Crippen LogP contribution in [0.25, 0.3) is 0 Å². The summed E-state index contributed by atoms with van der Waals surface area (Å²) in [5.74, 6) is -0.800. The van der Waals surface area contributed by atoms with Crippen molar-refractivity contribution in [1.82, 2.24) is 15.1 Å². The fourth-order valence-electron chi connectivity index (χ4n) is 4.61. The van der Waals surface area contributed by atoms with Crippen molar-refractivity contribution < 1.29 is 23.0 Å². The molecule has 1 unspecified atom stereocenters. The zero-order valence-corrected chi connectivity index (χ0v) is 21.8. The number of nitrogens with zero attached hydrogens (tertiary/aromatic N) is 3. The summed E-state index contributed by atoms with van der Waals surface area (Å²) in [6.45, 7) is 2.84. The summed E-state index contributed by atoms with van der Waals surface area (Å²) in [4.78, 5) is 27.2. The fourth-order valence-corrected chi connectivity index (χ4v) is 4.86. The van der Waals surface area contributed by atoms with E-state index in [2.05, 4.69) is 10.4 Å². The Balaban J connectivity index is 1.61. The van der Waals surface area contributed by atoms with Gasteiger partial charge in [-0.3, -0.25) is 10.2 Å². The molecule has 0 saturated carbocycles. The SMILES string of the molecule is CCOC(=O)C(=N)C1=C(NCc2ccccc2C(F)F)CCN(c2cnn(C3CCCCO3)c(=O)c2Cl)C1. The van der Waals surface area contributed by atoms with Gasteiger partial charge in [-0.05, 0) is 31.7 Å². The van der Waals surface area contributed by atoms with Crippen molar-refractivity contribution in [1.29, 1.82) is 5.41 Å². The van der Waals surface area contributed by atoms with E-state index in [9.17, 15) is 18.4 Å².